The third-order valence-electron chi connectivity index (χ3n) is 3.66. The number of thiazole rings is 1. The highest BCUT2D eigenvalue weighted by molar-refractivity contribution is 7.22. The molecule has 0 aliphatic carbocycles. The van der Waals surface area contributed by atoms with E-state index in [2.05, 4.69) is 19.9 Å². The van der Waals surface area contributed by atoms with Gasteiger partial charge in [-0.05, 0) is 38.1 Å². The van der Waals surface area contributed by atoms with Crippen molar-refractivity contribution in [2.75, 3.05) is 25.0 Å². The first-order valence-corrected chi connectivity index (χ1v) is 8.39. The van der Waals surface area contributed by atoms with Gasteiger partial charge in [0.05, 0.1) is 16.8 Å². The fraction of sp³-hybridized carbons (Fsp3) is 0.467. The van der Waals surface area contributed by atoms with Crippen LogP contribution in [0.25, 0.3) is 10.2 Å². The fourth-order valence-corrected chi connectivity index (χ4v) is 3.55. The van der Waals surface area contributed by atoms with Crippen LogP contribution in [0.3, 0.4) is 0 Å². The molecule has 1 fully saturated rings. The maximum absolute atomic E-state index is 12.2. The molecular weight excluding hydrogens is 343 g/mol. The molecule has 9 heteroatoms. The SMILES string of the molecule is O=C(CN1CCCCC1)Nc1nc2ccc(OC(F)(F)F)cc2s1. The maximum Gasteiger partial charge on any atom is 0.573 e. The van der Waals surface area contributed by atoms with Crippen LogP contribution in [0.5, 0.6) is 5.75 Å². The highest BCUT2D eigenvalue weighted by Gasteiger charge is 2.31. The van der Waals surface area contributed by atoms with Gasteiger partial charge in [0, 0.05) is 6.07 Å². The number of carbonyl (C=O) groups is 1. The van der Waals surface area contributed by atoms with Crippen molar-refractivity contribution < 1.29 is 22.7 Å². The lowest BCUT2D eigenvalue weighted by atomic mass is 10.1. The number of anilines is 1. The highest BCUT2D eigenvalue weighted by Crippen LogP contribution is 2.31. The topological polar surface area (TPSA) is 54.5 Å². The molecule has 1 saturated heterocycles. The summed E-state index contributed by atoms with van der Waals surface area (Å²) in [5.41, 5.74) is 0.516. The summed E-state index contributed by atoms with van der Waals surface area (Å²) in [6.07, 6.45) is -1.35. The summed E-state index contributed by atoms with van der Waals surface area (Å²) in [4.78, 5) is 18.4. The van der Waals surface area contributed by atoms with Crippen molar-refractivity contribution in [2.45, 2.75) is 25.6 Å². The maximum atomic E-state index is 12.2. The number of halogens is 3. The molecule has 0 bridgehead atoms. The van der Waals surface area contributed by atoms with E-state index in [0.29, 0.717) is 21.9 Å². The molecule has 0 atom stereocenters. The van der Waals surface area contributed by atoms with Crippen molar-refractivity contribution in [3.05, 3.63) is 18.2 Å². The van der Waals surface area contributed by atoms with Crippen LogP contribution < -0.4 is 10.1 Å². The minimum Gasteiger partial charge on any atom is -0.406 e. The van der Waals surface area contributed by atoms with Gasteiger partial charge in [0.1, 0.15) is 5.75 Å². The highest BCUT2D eigenvalue weighted by atomic mass is 32.1. The first-order chi connectivity index (χ1) is 11.4. The number of nitrogens with zero attached hydrogens (tertiary/aromatic N) is 2. The number of fused-ring (bicyclic) bond motifs is 1. The number of benzene rings is 1. The third kappa shape index (κ3) is 4.57. The van der Waals surface area contributed by atoms with Crippen molar-refractivity contribution in [2.24, 2.45) is 0 Å². The van der Waals surface area contributed by atoms with Gasteiger partial charge < -0.3 is 10.1 Å². The molecule has 1 amide bonds. The van der Waals surface area contributed by atoms with E-state index in [-0.39, 0.29) is 11.7 Å². The summed E-state index contributed by atoms with van der Waals surface area (Å²) >= 11 is 1.12. The van der Waals surface area contributed by atoms with Crippen molar-refractivity contribution in [3.63, 3.8) is 0 Å². The van der Waals surface area contributed by atoms with Gasteiger partial charge in [-0.15, -0.1) is 13.2 Å². The summed E-state index contributed by atoms with van der Waals surface area (Å²) in [5, 5.41) is 3.08. The van der Waals surface area contributed by atoms with Gasteiger partial charge in [-0.2, -0.15) is 0 Å². The molecule has 1 aliphatic rings. The van der Waals surface area contributed by atoms with E-state index < -0.39 is 6.36 Å². The van der Waals surface area contributed by atoms with E-state index in [9.17, 15) is 18.0 Å². The number of aromatic nitrogens is 1. The number of ether oxygens (including phenoxy) is 1. The van der Waals surface area contributed by atoms with Gasteiger partial charge in [-0.3, -0.25) is 9.69 Å². The number of alkyl halides is 3. The van der Waals surface area contributed by atoms with E-state index in [1.807, 2.05) is 0 Å². The molecule has 1 N–H and O–H groups in total. The van der Waals surface area contributed by atoms with Crippen LogP contribution in [0.15, 0.2) is 18.2 Å². The standard InChI is InChI=1S/C15H16F3N3O2S/c16-15(17,18)23-10-4-5-11-12(8-10)24-14(19-11)20-13(22)9-21-6-2-1-3-7-21/h4-5,8H,1-3,6-7,9H2,(H,19,20,22). The second kappa shape index (κ2) is 6.94. The number of carbonyl (C=O) groups excluding carboxylic acids is 1. The summed E-state index contributed by atoms with van der Waals surface area (Å²) in [5.74, 6) is -0.465. The van der Waals surface area contributed by atoms with Crippen LogP contribution in [-0.2, 0) is 4.79 Å². The van der Waals surface area contributed by atoms with Crippen LogP contribution in [0, 0.1) is 0 Å². The number of rotatable bonds is 4. The van der Waals surface area contributed by atoms with Crippen molar-refractivity contribution in [3.8, 4) is 5.75 Å². The monoisotopic (exact) mass is 359 g/mol. The Hall–Kier alpha value is -1.87. The molecule has 3 rings (SSSR count). The van der Waals surface area contributed by atoms with Gasteiger partial charge in [0.15, 0.2) is 5.13 Å². The Morgan fingerprint density at radius 1 is 1.29 bits per heavy atom. The number of hydrogen-bond donors (Lipinski definition) is 1. The molecule has 5 nitrogen and oxygen atoms in total. The van der Waals surface area contributed by atoms with E-state index in [1.165, 1.54) is 24.6 Å². The quantitative estimate of drug-likeness (QED) is 0.906. The summed E-state index contributed by atoms with van der Waals surface area (Å²) < 4.78 is 41.1. The zero-order chi connectivity index (χ0) is 17.2. The van der Waals surface area contributed by atoms with Crippen LogP contribution in [0.1, 0.15) is 19.3 Å². The molecule has 0 radical (unpaired) electrons. The van der Waals surface area contributed by atoms with Crippen molar-refractivity contribution in [1.82, 2.24) is 9.88 Å². The second-order valence-electron chi connectivity index (χ2n) is 5.58. The average Bonchev–Trinajstić information content (AvgIpc) is 2.87. The molecule has 0 unspecified atom stereocenters. The first-order valence-electron chi connectivity index (χ1n) is 7.58. The normalized spacial score (nSPS) is 16.3. The lowest BCUT2D eigenvalue weighted by Gasteiger charge is -2.25. The zero-order valence-electron chi connectivity index (χ0n) is 12.7. The third-order valence-corrected chi connectivity index (χ3v) is 4.59. The minimum absolute atomic E-state index is 0.164. The van der Waals surface area contributed by atoms with Crippen molar-refractivity contribution in [1.29, 1.82) is 0 Å². The molecule has 0 spiro atoms. The molecule has 0 saturated carbocycles. The zero-order valence-corrected chi connectivity index (χ0v) is 13.5. The van der Waals surface area contributed by atoms with Gasteiger partial charge in [-0.1, -0.05) is 17.8 Å². The average molecular weight is 359 g/mol. The smallest absolute Gasteiger partial charge is 0.406 e. The van der Waals surface area contributed by atoms with Crippen LogP contribution in [0.4, 0.5) is 18.3 Å². The molecular formula is C15H16F3N3O2S. The number of likely N-dealkylation sites (tertiary alicyclic amines) is 1. The Kier molecular flexibility index (Phi) is 4.91. The molecule has 1 aliphatic heterocycles. The number of nitrogens with one attached hydrogen (secondary N) is 1. The van der Waals surface area contributed by atoms with E-state index in [1.54, 1.807) is 0 Å². The summed E-state index contributed by atoms with van der Waals surface area (Å²) in [7, 11) is 0. The Morgan fingerprint density at radius 2 is 2.04 bits per heavy atom. The Morgan fingerprint density at radius 3 is 2.75 bits per heavy atom. The number of amides is 1. The molecule has 130 valence electrons. The number of piperidine rings is 1. The predicted molar refractivity (Wildman–Crippen MR) is 85.2 cm³/mol. The Balaban J connectivity index is 1.65. The predicted octanol–water partition coefficient (Wildman–Crippen LogP) is 3.62. The van der Waals surface area contributed by atoms with Crippen LogP contribution in [0.2, 0.25) is 0 Å². The fourth-order valence-electron chi connectivity index (χ4n) is 2.63. The van der Waals surface area contributed by atoms with E-state index in [0.717, 1.165) is 37.3 Å². The molecule has 1 aromatic heterocycles. The van der Waals surface area contributed by atoms with Gasteiger partial charge >= 0.3 is 6.36 Å². The largest absolute Gasteiger partial charge is 0.573 e. The molecule has 2 heterocycles. The van der Waals surface area contributed by atoms with E-state index in [4.69, 9.17) is 0 Å². The van der Waals surface area contributed by atoms with Gasteiger partial charge in [0.2, 0.25) is 5.91 Å². The number of hydrogen-bond acceptors (Lipinski definition) is 5. The van der Waals surface area contributed by atoms with Gasteiger partial charge in [0.25, 0.3) is 0 Å². The van der Waals surface area contributed by atoms with E-state index >= 15 is 0 Å². The molecule has 2 aromatic rings. The minimum atomic E-state index is -4.73. The van der Waals surface area contributed by atoms with Crippen LogP contribution >= 0.6 is 11.3 Å². The van der Waals surface area contributed by atoms with Gasteiger partial charge in [-0.25, -0.2) is 4.98 Å². The second-order valence-corrected chi connectivity index (χ2v) is 6.61. The lowest BCUT2D eigenvalue weighted by Crippen LogP contribution is -2.36. The Labute approximate surface area is 140 Å². The Bertz CT molecular complexity index is 726. The first kappa shape index (κ1) is 17.0. The molecule has 1 aromatic carbocycles. The van der Waals surface area contributed by atoms with Crippen molar-refractivity contribution >= 4 is 32.6 Å². The molecule has 24 heavy (non-hydrogen) atoms. The lowest BCUT2D eigenvalue weighted by molar-refractivity contribution is -0.274. The summed E-state index contributed by atoms with van der Waals surface area (Å²) in [6.45, 7) is 2.12. The summed E-state index contributed by atoms with van der Waals surface area (Å²) in [6, 6.07) is 3.91. The van der Waals surface area contributed by atoms with Crippen LogP contribution in [-0.4, -0.2) is 41.8 Å².